The molecule has 17 heavy (non-hydrogen) atoms. The maximum Gasteiger partial charge on any atom is 0.573 e. The fourth-order valence-corrected chi connectivity index (χ4v) is 1.17. The first-order chi connectivity index (χ1) is 7.83. The highest BCUT2D eigenvalue weighted by Crippen LogP contribution is 2.33. The van der Waals surface area contributed by atoms with Crippen LogP contribution in [0.15, 0.2) is 18.2 Å². The molecular formula is C10H6F5NO. The Morgan fingerprint density at radius 1 is 1.29 bits per heavy atom. The van der Waals surface area contributed by atoms with Gasteiger partial charge in [-0.15, -0.1) is 13.2 Å². The van der Waals surface area contributed by atoms with Crippen molar-refractivity contribution in [2.75, 3.05) is 0 Å². The van der Waals surface area contributed by atoms with E-state index in [-0.39, 0.29) is 12.0 Å². The number of hydrogen-bond donors (Lipinski definition) is 0. The molecule has 0 unspecified atom stereocenters. The molecule has 0 bridgehead atoms. The van der Waals surface area contributed by atoms with E-state index < -0.39 is 24.1 Å². The quantitative estimate of drug-likeness (QED) is 0.769. The van der Waals surface area contributed by atoms with Gasteiger partial charge in [-0.3, -0.25) is 0 Å². The molecule has 0 saturated heterocycles. The average Bonchev–Trinajstić information content (AvgIpc) is 2.15. The van der Waals surface area contributed by atoms with Crippen LogP contribution in [0.3, 0.4) is 0 Å². The third kappa shape index (κ3) is 3.90. The summed E-state index contributed by atoms with van der Waals surface area (Å²) in [5.74, 6) is -0.972. The minimum absolute atomic E-state index is 0.177. The second-order valence-corrected chi connectivity index (χ2v) is 3.06. The van der Waals surface area contributed by atoms with Crippen molar-refractivity contribution in [1.82, 2.24) is 0 Å². The number of benzene rings is 1. The van der Waals surface area contributed by atoms with Crippen molar-refractivity contribution in [3.63, 3.8) is 0 Å². The van der Waals surface area contributed by atoms with E-state index in [9.17, 15) is 22.0 Å². The fraction of sp³-hybridized carbons (Fsp3) is 0.300. The number of ether oxygens (including phenoxy) is 1. The third-order valence-electron chi connectivity index (χ3n) is 1.82. The summed E-state index contributed by atoms with van der Waals surface area (Å²) in [5.41, 5.74) is -0.680. The molecule has 92 valence electrons. The molecule has 7 heteroatoms. The molecule has 0 aliphatic heterocycles. The topological polar surface area (TPSA) is 33.0 Å². The average molecular weight is 251 g/mol. The SMILES string of the molecule is N#CCc1ccc(C(F)F)c(OC(F)(F)F)c1. The summed E-state index contributed by atoms with van der Waals surface area (Å²) in [6.45, 7) is 0. The molecule has 1 rings (SSSR count). The standard InChI is InChI=1S/C10H6F5NO/c11-9(12)7-2-1-6(3-4-16)5-8(7)17-10(13,14)15/h1-2,5,9H,3H2. The molecule has 0 heterocycles. The van der Waals surface area contributed by atoms with Crippen molar-refractivity contribution >= 4 is 0 Å². The molecule has 1 aromatic carbocycles. The van der Waals surface area contributed by atoms with Gasteiger partial charge in [-0.25, -0.2) is 8.78 Å². The van der Waals surface area contributed by atoms with Gasteiger partial charge in [0.1, 0.15) is 5.75 Å². The van der Waals surface area contributed by atoms with Gasteiger partial charge >= 0.3 is 6.36 Å². The van der Waals surface area contributed by atoms with E-state index in [0.717, 1.165) is 18.2 Å². The minimum atomic E-state index is -5.05. The van der Waals surface area contributed by atoms with Gasteiger partial charge in [0.25, 0.3) is 6.43 Å². The van der Waals surface area contributed by atoms with Gasteiger partial charge in [-0.05, 0) is 17.7 Å². The van der Waals surface area contributed by atoms with Gasteiger partial charge in [-0.1, -0.05) is 6.07 Å². The molecule has 0 saturated carbocycles. The molecule has 0 fully saturated rings. The molecule has 0 atom stereocenters. The normalized spacial score (nSPS) is 11.4. The third-order valence-corrected chi connectivity index (χ3v) is 1.82. The molecule has 0 aromatic heterocycles. The van der Waals surface area contributed by atoms with Gasteiger partial charge in [-0.2, -0.15) is 5.26 Å². The van der Waals surface area contributed by atoms with E-state index in [4.69, 9.17) is 5.26 Å². The van der Waals surface area contributed by atoms with Crippen molar-refractivity contribution in [2.24, 2.45) is 0 Å². The van der Waals surface area contributed by atoms with Crippen molar-refractivity contribution < 1.29 is 26.7 Å². The Morgan fingerprint density at radius 2 is 1.94 bits per heavy atom. The molecule has 0 radical (unpaired) electrons. The number of halogens is 5. The molecule has 0 amide bonds. The number of rotatable bonds is 3. The smallest absolute Gasteiger partial charge is 0.405 e. The summed E-state index contributed by atoms with van der Waals surface area (Å²) < 4.78 is 64.2. The van der Waals surface area contributed by atoms with E-state index in [1.54, 1.807) is 6.07 Å². The molecule has 1 aromatic rings. The fourth-order valence-electron chi connectivity index (χ4n) is 1.17. The Hall–Kier alpha value is -1.84. The first kappa shape index (κ1) is 13.2. The van der Waals surface area contributed by atoms with Crippen LogP contribution in [-0.2, 0) is 6.42 Å². The lowest BCUT2D eigenvalue weighted by Gasteiger charge is -2.13. The highest BCUT2D eigenvalue weighted by atomic mass is 19.4. The van der Waals surface area contributed by atoms with Crippen LogP contribution >= 0.6 is 0 Å². The summed E-state index contributed by atoms with van der Waals surface area (Å²) in [4.78, 5) is 0. The lowest BCUT2D eigenvalue weighted by atomic mass is 10.1. The van der Waals surface area contributed by atoms with Crippen molar-refractivity contribution in [2.45, 2.75) is 19.2 Å². The molecule has 0 N–H and O–H groups in total. The number of nitriles is 1. The summed E-state index contributed by atoms with van der Waals surface area (Å²) in [6.07, 6.45) is -8.31. The maximum absolute atomic E-state index is 12.4. The second-order valence-electron chi connectivity index (χ2n) is 3.06. The summed E-state index contributed by atoms with van der Waals surface area (Å²) in [5, 5.41) is 8.36. The lowest BCUT2D eigenvalue weighted by Crippen LogP contribution is -2.18. The number of nitrogens with zero attached hydrogens (tertiary/aromatic N) is 1. The predicted octanol–water partition coefficient (Wildman–Crippen LogP) is 3.59. The predicted molar refractivity (Wildman–Crippen MR) is 47.4 cm³/mol. The van der Waals surface area contributed by atoms with Crippen LogP contribution in [0.4, 0.5) is 22.0 Å². The van der Waals surface area contributed by atoms with Gasteiger partial charge in [0.05, 0.1) is 18.1 Å². The van der Waals surface area contributed by atoms with Crippen LogP contribution in [0, 0.1) is 11.3 Å². The molecule has 2 nitrogen and oxygen atoms in total. The van der Waals surface area contributed by atoms with Crippen LogP contribution in [0.25, 0.3) is 0 Å². The number of hydrogen-bond acceptors (Lipinski definition) is 2. The van der Waals surface area contributed by atoms with Crippen LogP contribution in [0.1, 0.15) is 17.6 Å². The van der Waals surface area contributed by atoms with E-state index in [1.165, 1.54) is 0 Å². The van der Waals surface area contributed by atoms with E-state index >= 15 is 0 Å². The van der Waals surface area contributed by atoms with Gasteiger partial charge in [0.15, 0.2) is 0 Å². The maximum atomic E-state index is 12.4. The van der Waals surface area contributed by atoms with Crippen LogP contribution in [-0.4, -0.2) is 6.36 Å². The highest BCUT2D eigenvalue weighted by molar-refractivity contribution is 5.39. The first-order valence-electron chi connectivity index (χ1n) is 4.37. The summed E-state index contributed by atoms with van der Waals surface area (Å²) >= 11 is 0. The zero-order chi connectivity index (χ0) is 13.1. The largest absolute Gasteiger partial charge is 0.573 e. The Balaban J connectivity index is 3.12. The molecule has 0 aliphatic rings. The highest BCUT2D eigenvalue weighted by Gasteiger charge is 2.33. The zero-order valence-corrected chi connectivity index (χ0v) is 8.26. The van der Waals surface area contributed by atoms with E-state index in [2.05, 4.69) is 4.74 Å². The van der Waals surface area contributed by atoms with Crippen molar-refractivity contribution in [3.8, 4) is 11.8 Å². The molecule has 0 aliphatic carbocycles. The van der Waals surface area contributed by atoms with E-state index in [0.29, 0.717) is 0 Å². The number of alkyl halides is 5. The van der Waals surface area contributed by atoms with Gasteiger partial charge in [0.2, 0.25) is 0 Å². The second kappa shape index (κ2) is 4.99. The first-order valence-corrected chi connectivity index (χ1v) is 4.37. The van der Waals surface area contributed by atoms with Crippen molar-refractivity contribution in [3.05, 3.63) is 29.3 Å². The van der Waals surface area contributed by atoms with Crippen LogP contribution in [0.2, 0.25) is 0 Å². The van der Waals surface area contributed by atoms with Gasteiger partial charge in [0, 0.05) is 0 Å². The lowest BCUT2D eigenvalue weighted by molar-refractivity contribution is -0.275. The zero-order valence-electron chi connectivity index (χ0n) is 8.26. The van der Waals surface area contributed by atoms with E-state index in [1.807, 2.05) is 0 Å². The van der Waals surface area contributed by atoms with Crippen molar-refractivity contribution in [1.29, 1.82) is 5.26 Å². The summed E-state index contributed by atoms with van der Waals surface area (Å²) in [7, 11) is 0. The van der Waals surface area contributed by atoms with Crippen LogP contribution in [0.5, 0.6) is 5.75 Å². The Kier molecular flexibility index (Phi) is 3.89. The monoisotopic (exact) mass is 251 g/mol. The Bertz CT molecular complexity index is 435. The summed E-state index contributed by atoms with van der Waals surface area (Å²) in [6, 6.07) is 4.47. The van der Waals surface area contributed by atoms with Gasteiger partial charge < -0.3 is 4.74 Å². The molecular weight excluding hydrogens is 245 g/mol. The minimum Gasteiger partial charge on any atom is -0.405 e. The van der Waals surface area contributed by atoms with Crippen LogP contribution < -0.4 is 4.74 Å². The molecule has 0 spiro atoms. The Morgan fingerprint density at radius 3 is 2.41 bits per heavy atom. The Labute approximate surface area is 93.2 Å².